The monoisotopic (exact) mass is 393 g/mol. The molecule has 28 heavy (non-hydrogen) atoms. The summed E-state index contributed by atoms with van der Waals surface area (Å²) < 4.78 is 5.61. The fraction of sp³-hybridized carbons (Fsp3) is 0.444. The number of rotatable bonds is 2. The van der Waals surface area contributed by atoms with Gasteiger partial charge in [0.2, 0.25) is 11.8 Å². The molecule has 1 aromatic rings. The van der Waals surface area contributed by atoms with Crippen molar-refractivity contribution in [2.75, 3.05) is 13.2 Å². The Morgan fingerprint density at radius 2 is 1.89 bits per heavy atom. The highest BCUT2D eigenvalue weighted by atomic mass is 16.5. The summed E-state index contributed by atoms with van der Waals surface area (Å²) in [6.45, 7) is 1.06. The summed E-state index contributed by atoms with van der Waals surface area (Å²) in [5, 5.41) is 26.0. The van der Waals surface area contributed by atoms with Crippen LogP contribution in [0.1, 0.15) is 30.1 Å². The first-order valence-electron chi connectivity index (χ1n) is 8.78. The number of fused-ring (bicyclic) bond motifs is 1. The zero-order chi connectivity index (χ0) is 20.7. The van der Waals surface area contributed by atoms with E-state index in [-0.39, 0.29) is 30.8 Å². The summed E-state index contributed by atoms with van der Waals surface area (Å²) in [5.74, 6) is -2.93. The number of aliphatic hydroxyl groups is 1. The van der Waals surface area contributed by atoms with Crippen LogP contribution in [0.15, 0.2) is 24.3 Å². The van der Waals surface area contributed by atoms with Crippen molar-refractivity contribution in [3.05, 3.63) is 29.8 Å². The van der Waals surface area contributed by atoms with Gasteiger partial charge in [-0.1, -0.05) is 12.1 Å². The number of hydrogen-bond acceptors (Lipinski definition) is 6. The third-order valence-electron chi connectivity index (χ3n) is 4.11. The molecule has 0 spiro atoms. The molecule has 10 heteroatoms. The van der Waals surface area contributed by atoms with E-state index in [0.717, 1.165) is 0 Å². The molecule has 1 aliphatic rings. The average molecular weight is 393 g/mol. The van der Waals surface area contributed by atoms with Crippen molar-refractivity contribution in [1.82, 2.24) is 16.0 Å². The number of amides is 3. The Hall–Kier alpha value is -3.14. The van der Waals surface area contributed by atoms with Crippen LogP contribution in [0.2, 0.25) is 0 Å². The van der Waals surface area contributed by atoms with Crippen molar-refractivity contribution < 1.29 is 34.1 Å². The molecule has 0 fully saturated rings. The molecular formula is C18H23N3O7. The minimum atomic E-state index is -1.31. The Labute approximate surface area is 161 Å². The van der Waals surface area contributed by atoms with Crippen molar-refractivity contribution in [3.63, 3.8) is 0 Å². The first-order chi connectivity index (χ1) is 13.3. The zero-order valence-electron chi connectivity index (χ0n) is 15.3. The van der Waals surface area contributed by atoms with Gasteiger partial charge in [-0.25, -0.2) is 4.79 Å². The molecule has 0 saturated heterocycles. The van der Waals surface area contributed by atoms with Gasteiger partial charge in [-0.05, 0) is 25.5 Å². The normalized spacial score (nSPS) is 24.4. The molecule has 0 saturated carbocycles. The van der Waals surface area contributed by atoms with Crippen LogP contribution in [0, 0.1) is 0 Å². The molecular weight excluding hydrogens is 370 g/mol. The van der Waals surface area contributed by atoms with Crippen LogP contribution in [0.3, 0.4) is 0 Å². The number of carboxylic acids is 1. The molecule has 0 bridgehead atoms. The number of carbonyl (C=O) groups is 4. The molecule has 0 aromatic heterocycles. The van der Waals surface area contributed by atoms with E-state index < -0.39 is 48.4 Å². The Morgan fingerprint density at radius 1 is 1.18 bits per heavy atom. The number of nitrogens with one attached hydrogen (secondary N) is 3. The SMILES string of the molecule is C[C@@H]1COc2ccccc2C(=O)N[C@H](C(=O)O)CCC(=O)N[C@@H](CO)C(=O)N1. The predicted molar refractivity (Wildman–Crippen MR) is 96.7 cm³/mol. The van der Waals surface area contributed by atoms with Gasteiger partial charge < -0.3 is 30.9 Å². The van der Waals surface area contributed by atoms with Crippen molar-refractivity contribution >= 4 is 23.7 Å². The Morgan fingerprint density at radius 3 is 2.57 bits per heavy atom. The molecule has 1 aromatic carbocycles. The second kappa shape index (κ2) is 9.70. The largest absolute Gasteiger partial charge is 0.491 e. The van der Waals surface area contributed by atoms with Crippen molar-refractivity contribution in [3.8, 4) is 5.75 Å². The molecule has 3 amide bonds. The van der Waals surface area contributed by atoms with Crippen LogP contribution in [0.25, 0.3) is 0 Å². The molecule has 3 atom stereocenters. The number of carbonyl (C=O) groups excluding carboxylic acids is 3. The smallest absolute Gasteiger partial charge is 0.326 e. The maximum Gasteiger partial charge on any atom is 0.326 e. The fourth-order valence-corrected chi connectivity index (χ4v) is 2.61. The van der Waals surface area contributed by atoms with Gasteiger partial charge in [0.15, 0.2) is 0 Å². The van der Waals surface area contributed by atoms with Crippen LogP contribution in [-0.2, 0) is 14.4 Å². The summed E-state index contributed by atoms with van der Waals surface area (Å²) in [4.78, 5) is 48.2. The van der Waals surface area contributed by atoms with E-state index in [1.54, 1.807) is 25.1 Å². The summed E-state index contributed by atoms with van der Waals surface area (Å²) in [6, 6.07) is 3.34. The van der Waals surface area contributed by atoms with Crippen molar-refractivity contribution in [1.29, 1.82) is 0 Å². The average Bonchev–Trinajstić information content (AvgIpc) is 2.66. The first kappa shape index (κ1) is 21.2. The molecule has 2 rings (SSSR count). The standard InChI is InChI=1S/C18H23N3O7/c1-10-9-28-14-5-3-2-4-11(14)16(24)21-12(18(26)27)6-7-15(23)20-13(8-22)17(25)19-10/h2-5,10,12-13,22H,6-9H2,1H3,(H,19,25)(H,20,23)(H,21,24)(H,26,27)/t10-,12+,13+/m1/s1. The highest BCUT2D eigenvalue weighted by Gasteiger charge is 2.26. The lowest BCUT2D eigenvalue weighted by Crippen LogP contribution is -2.52. The first-order valence-corrected chi connectivity index (χ1v) is 8.78. The lowest BCUT2D eigenvalue weighted by molar-refractivity contribution is -0.139. The number of benzene rings is 1. The Kier molecular flexibility index (Phi) is 7.33. The maximum atomic E-state index is 12.5. The molecule has 10 nitrogen and oxygen atoms in total. The number of aliphatic hydroxyl groups excluding tert-OH is 1. The van der Waals surface area contributed by atoms with Gasteiger partial charge in [0, 0.05) is 6.42 Å². The van der Waals surface area contributed by atoms with Gasteiger partial charge in [-0.15, -0.1) is 0 Å². The van der Waals surface area contributed by atoms with Gasteiger partial charge >= 0.3 is 5.97 Å². The van der Waals surface area contributed by atoms with E-state index in [0.29, 0.717) is 0 Å². The molecule has 1 aliphatic heterocycles. The van der Waals surface area contributed by atoms with E-state index in [4.69, 9.17) is 4.74 Å². The number of hydrogen-bond donors (Lipinski definition) is 5. The molecule has 5 N–H and O–H groups in total. The number of ether oxygens (including phenoxy) is 1. The zero-order valence-corrected chi connectivity index (χ0v) is 15.3. The molecule has 0 unspecified atom stereocenters. The number of para-hydroxylation sites is 1. The highest BCUT2D eigenvalue weighted by molar-refractivity contribution is 5.99. The van der Waals surface area contributed by atoms with Gasteiger partial charge in [0.05, 0.1) is 18.2 Å². The van der Waals surface area contributed by atoms with E-state index in [9.17, 15) is 29.4 Å². The Balaban J connectivity index is 2.30. The lowest BCUT2D eigenvalue weighted by Gasteiger charge is -2.20. The lowest BCUT2D eigenvalue weighted by atomic mass is 10.1. The molecule has 0 aliphatic carbocycles. The van der Waals surface area contributed by atoms with Gasteiger partial charge in [0.25, 0.3) is 5.91 Å². The Bertz CT molecular complexity index is 752. The van der Waals surface area contributed by atoms with Crippen LogP contribution in [0.5, 0.6) is 5.75 Å². The summed E-state index contributed by atoms with van der Waals surface area (Å²) in [6.07, 6.45) is -0.444. The highest BCUT2D eigenvalue weighted by Crippen LogP contribution is 2.18. The third kappa shape index (κ3) is 5.68. The van der Waals surface area contributed by atoms with Crippen LogP contribution in [-0.4, -0.2) is 65.2 Å². The van der Waals surface area contributed by atoms with E-state index >= 15 is 0 Å². The number of aliphatic carboxylic acids is 1. The second-order valence-corrected chi connectivity index (χ2v) is 6.42. The van der Waals surface area contributed by atoms with Crippen LogP contribution in [0.4, 0.5) is 0 Å². The minimum Gasteiger partial charge on any atom is -0.491 e. The number of carboxylic acid groups (broad SMARTS) is 1. The summed E-state index contributed by atoms with van der Waals surface area (Å²) in [7, 11) is 0. The van der Waals surface area contributed by atoms with E-state index in [1.807, 2.05) is 0 Å². The minimum absolute atomic E-state index is 0.0183. The topological polar surface area (TPSA) is 154 Å². The quantitative estimate of drug-likeness (QED) is 0.433. The van der Waals surface area contributed by atoms with E-state index in [2.05, 4.69) is 16.0 Å². The van der Waals surface area contributed by atoms with E-state index in [1.165, 1.54) is 6.07 Å². The van der Waals surface area contributed by atoms with Crippen LogP contribution >= 0.6 is 0 Å². The third-order valence-corrected chi connectivity index (χ3v) is 4.11. The van der Waals surface area contributed by atoms with Crippen molar-refractivity contribution in [2.45, 2.75) is 37.9 Å². The van der Waals surface area contributed by atoms with Crippen LogP contribution < -0.4 is 20.7 Å². The van der Waals surface area contributed by atoms with Gasteiger partial charge in [-0.3, -0.25) is 14.4 Å². The van der Waals surface area contributed by atoms with Gasteiger partial charge in [-0.2, -0.15) is 0 Å². The fourth-order valence-electron chi connectivity index (χ4n) is 2.61. The second-order valence-electron chi connectivity index (χ2n) is 6.42. The molecule has 152 valence electrons. The predicted octanol–water partition coefficient (Wildman–Crippen LogP) is -0.976. The molecule has 1 heterocycles. The van der Waals surface area contributed by atoms with Crippen molar-refractivity contribution in [2.24, 2.45) is 0 Å². The maximum absolute atomic E-state index is 12.5. The van der Waals surface area contributed by atoms with Gasteiger partial charge in [0.1, 0.15) is 24.4 Å². The summed E-state index contributed by atoms with van der Waals surface area (Å²) >= 11 is 0. The summed E-state index contributed by atoms with van der Waals surface area (Å²) in [5.41, 5.74) is 0.139. The molecule has 0 radical (unpaired) electrons.